The Labute approximate surface area is 177 Å². The molecular formula is C20H16FNaO3S. The number of aliphatic carboxylic acids is 1. The van der Waals surface area contributed by atoms with Crippen molar-refractivity contribution in [2.75, 3.05) is 6.26 Å². The maximum atomic E-state index is 13.6. The molecule has 128 valence electrons. The van der Waals surface area contributed by atoms with Gasteiger partial charge in [-0.15, -0.1) is 0 Å². The molecule has 3 nitrogen and oxygen atoms in total. The van der Waals surface area contributed by atoms with Crippen LogP contribution in [0.4, 0.5) is 4.39 Å². The number of carbonyl (C=O) groups is 1. The molecule has 0 saturated carbocycles. The van der Waals surface area contributed by atoms with E-state index in [2.05, 4.69) is 0 Å². The van der Waals surface area contributed by atoms with Crippen molar-refractivity contribution in [3.8, 4) is 0 Å². The Morgan fingerprint density at radius 1 is 1.15 bits per heavy atom. The normalized spacial score (nSPS) is 15.6. The molecule has 1 unspecified atom stereocenters. The predicted octanol–water partition coefficient (Wildman–Crippen LogP) is 0.0348. The molecule has 1 aliphatic carbocycles. The Balaban J connectivity index is 0.00000243. The van der Waals surface area contributed by atoms with Crippen LogP contribution in [0.5, 0.6) is 0 Å². The minimum Gasteiger partial charge on any atom is -0.612 e. The molecule has 26 heavy (non-hydrogen) atoms. The number of carboxylic acid groups (broad SMARTS) is 1. The van der Waals surface area contributed by atoms with Crippen LogP contribution in [0.25, 0.3) is 17.2 Å². The largest absolute Gasteiger partial charge is 1.00 e. The third-order valence-corrected chi connectivity index (χ3v) is 5.23. The van der Waals surface area contributed by atoms with Gasteiger partial charge in [0, 0.05) is 12.4 Å². The molecule has 0 N–H and O–H groups in total. The molecule has 0 spiro atoms. The van der Waals surface area contributed by atoms with E-state index < -0.39 is 23.0 Å². The monoisotopic (exact) mass is 378 g/mol. The van der Waals surface area contributed by atoms with Crippen LogP contribution in [-0.4, -0.2) is 16.8 Å². The average Bonchev–Trinajstić information content (AvgIpc) is 2.80. The summed E-state index contributed by atoms with van der Waals surface area (Å²) in [6.07, 6.45) is 3.29. The van der Waals surface area contributed by atoms with Gasteiger partial charge in [0.15, 0.2) is 4.90 Å². The fraction of sp³-hybridized carbons (Fsp3) is 0.150. The second kappa shape index (κ2) is 8.55. The van der Waals surface area contributed by atoms with Gasteiger partial charge in [-0.3, -0.25) is 0 Å². The number of halogens is 1. The van der Waals surface area contributed by atoms with E-state index in [9.17, 15) is 18.8 Å². The summed E-state index contributed by atoms with van der Waals surface area (Å²) in [6.45, 7) is 1.83. The first kappa shape index (κ1) is 20.9. The van der Waals surface area contributed by atoms with Gasteiger partial charge < -0.3 is 14.5 Å². The van der Waals surface area contributed by atoms with Crippen LogP contribution in [0, 0.1) is 5.82 Å². The van der Waals surface area contributed by atoms with E-state index in [1.807, 2.05) is 25.1 Å². The van der Waals surface area contributed by atoms with E-state index in [1.165, 1.54) is 12.1 Å². The standard InChI is InChI=1S/C20H17FO3S.Na/c1-12-17(9-13-3-6-15(7-4-13)25(2)24)16-8-5-14(21)10-19(16)18(12)11-20(22)23;/h3-10H,11H2,1-2H3,(H,22,23);/q;+1/p-1. The SMILES string of the molecule is CC1=C(CC(=O)[O-])c2cc(F)ccc2C1=Cc1ccc([S+](C)[O-])cc1.[Na+]. The Bertz CT molecular complexity index is 902. The van der Waals surface area contributed by atoms with Crippen molar-refractivity contribution in [3.05, 3.63) is 70.5 Å². The van der Waals surface area contributed by atoms with Crippen molar-refractivity contribution < 1.29 is 48.4 Å². The zero-order chi connectivity index (χ0) is 18.1. The van der Waals surface area contributed by atoms with Gasteiger partial charge in [0.1, 0.15) is 12.1 Å². The molecule has 0 aromatic heterocycles. The predicted molar refractivity (Wildman–Crippen MR) is 95.3 cm³/mol. The van der Waals surface area contributed by atoms with Crippen molar-refractivity contribution in [2.45, 2.75) is 18.2 Å². The van der Waals surface area contributed by atoms with Gasteiger partial charge >= 0.3 is 29.6 Å². The Kier molecular flexibility index (Phi) is 6.88. The van der Waals surface area contributed by atoms with Gasteiger partial charge in [-0.1, -0.05) is 6.07 Å². The van der Waals surface area contributed by atoms with Crippen molar-refractivity contribution in [2.24, 2.45) is 0 Å². The maximum Gasteiger partial charge on any atom is 1.00 e. The van der Waals surface area contributed by atoms with Crippen LogP contribution in [0.1, 0.15) is 30.0 Å². The number of rotatable bonds is 4. The maximum absolute atomic E-state index is 13.6. The Morgan fingerprint density at radius 3 is 2.38 bits per heavy atom. The number of carbonyl (C=O) groups excluding carboxylic acids is 1. The van der Waals surface area contributed by atoms with Crippen molar-refractivity contribution >= 4 is 34.4 Å². The third kappa shape index (κ3) is 4.30. The van der Waals surface area contributed by atoms with E-state index in [-0.39, 0.29) is 36.0 Å². The summed E-state index contributed by atoms with van der Waals surface area (Å²) in [5, 5.41) is 11.1. The molecule has 0 fully saturated rings. The number of allylic oxidation sites excluding steroid dienone is 2. The molecule has 3 rings (SSSR count). The van der Waals surface area contributed by atoms with Crippen molar-refractivity contribution in [3.63, 3.8) is 0 Å². The summed E-state index contributed by atoms with van der Waals surface area (Å²) < 4.78 is 25.1. The molecule has 0 amide bonds. The first-order valence-electron chi connectivity index (χ1n) is 7.72. The summed E-state index contributed by atoms with van der Waals surface area (Å²) in [4.78, 5) is 11.8. The molecule has 0 radical (unpaired) electrons. The minimum atomic E-state index is -1.19. The molecule has 2 aromatic rings. The Hall–Kier alpha value is -1.37. The first-order valence-corrected chi connectivity index (χ1v) is 9.28. The zero-order valence-electron chi connectivity index (χ0n) is 14.8. The molecule has 1 atom stereocenters. The third-order valence-electron chi connectivity index (χ3n) is 4.30. The quantitative estimate of drug-likeness (QED) is 0.557. The smallest absolute Gasteiger partial charge is 0.612 e. The van der Waals surface area contributed by atoms with Crippen LogP contribution in [0.3, 0.4) is 0 Å². The summed E-state index contributed by atoms with van der Waals surface area (Å²) >= 11 is -1.04. The van der Waals surface area contributed by atoms with E-state index in [0.29, 0.717) is 11.1 Å². The first-order chi connectivity index (χ1) is 11.9. The Morgan fingerprint density at radius 2 is 1.81 bits per heavy atom. The number of benzene rings is 2. The van der Waals surface area contributed by atoms with Gasteiger partial charge in [0.25, 0.3) is 0 Å². The minimum absolute atomic E-state index is 0. The topological polar surface area (TPSA) is 63.2 Å². The molecule has 2 aromatic carbocycles. The fourth-order valence-corrected chi connectivity index (χ4v) is 3.57. The summed E-state index contributed by atoms with van der Waals surface area (Å²) in [7, 11) is 0. The number of hydrogen-bond acceptors (Lipinski definition) is 3. The summed E-state index contributed by atoms with van der Waals surface area (Å²) in [5.41, 5.74) is 4.53. The summed E-state index contributed by atoms with van der Waals surface area (Å²) in [5.74, 6) is -1.60. The van der Waals surface area contributed by atoms with Crippen LogP contribution >= 0.6 is 0 Å². The zero-order valence-corrected chi connectivity index (χ0v) is 17.7. The van der Waals surface area contributed by atoms with Crippen molar-refractivity contribution in [1.29, 1.82) is 0 Å². The van der Waals surface area contributed by atoms with Gasteiger partial charge in [-0.05, 0) is 94.0 Å². The molecule has 0 heterocycles. The van der Waals surface area contributed by atoms with E-state index in [0.717, 1.165) is 27.2 Å². The molecule has 6 heteroatoms. The second-order valence-corrected chi connectivity index (χ2v) is 7.30. The van der Waals surface area contributed by atoms with Crippen LogP contribution in [0.2, 0.25) is 0 Å². The average molecular weight is 378 g/mol. The van der Waals surface area contributed by atoms with Gasteiger partial charge in [0.2, 0.25) is 0 Å². The number of carboxylic acids is 1. The molecule has 0 bridgehead atoms. The van der Waals surface area contributed by atoms with E-state index in [1.54, 1.807) is 24.5 Å². The number of fused-ring (bicyclic) bond motifs is 1. The van der Waals surface area contributed by atoms with E-state index >= 15 is 0 Å². The van der Waals surface area contributed by atoms with Gasteiger partial charge in [-0.2, -0.15) is 0 Å². The fourth-order valence-electron chi connectivity index (χ4n) is 3.05. The number of hydrogen-bond donors (Lipinski definition) is 0. The van der Waals surface area contributed by atoms with Crippen LogP contribution in [-0.2, 0) is 16.0 Å². The molecular weight excluding hydrogens is 362 g/mol. The molecule has 1 aliphatic rings. The summed E-state index contributed by atoms with van der Waals surface area (Å²) in [6, 6.07) is 11.7. The second-order valence-electron chi connectivity index (χ2n) is 5.92. The van der Waals surface area contributed by atoms with Crippen LogP contribution < -0.4 is 34.7 Å². The molecule has 0 aliphatic heterocycles. The van der Waals surface area contributed by atoms with E-state index in [4.69, 9.17) is 0 Å². The van der Waals surface area contributed by atoms with Gasteiger partial charge in [-0.25, -0.2) is 4.39 Å². The van der Waals surface area contributed by atoms with Gasteiger partial charge in [0.05, 0.1) is 0 Å². The molecule has 0 saturated heterocycles. The van der Waals surface area contributed by atoms with Crippen molar-refractivity contribution in [1.82, 2.24) is 0 Å². The van der Waals surface area contributed by atoms with Crippen LogP contribution in [0.15, 0.2) is 52.9 Å².